The summed E-state index contributed by atoms with van der Waals surface area (Å²) in [6.07, 6.45) is 3.33. The maximum Gasteiger partial charge on any atom is 0.142 e. The van der Waals surface area contributed by atoms with Gasteiger partial charge in [-0.3, -0.25) is 4.90 Å². The van der Waals surface area contributed by atoms with E-state index in [2.05, 4.69) is 22.9 Å². The Kier molecular flexibility index (Phi) is 5.98. The Morgan fingerprint density at radius 1 is 1.34 bits per heavy atom. The molecule has 6 nitrogen and oxygen atoms in total. The second-order valence-electron chi connectivity index (χ2n) is 8.01. The summed E-state index contributed by atoms with van der Waals surface area (Å²) in [5.41, 5.74) is 10.2. The predicted octanol–water partition coefficient (Wildman–Crippen LogP) is 3.39. The lowest BCUT2D eigenvalue weighted by molar-refractivity contribution is 0.109. The molecule has 1 unspecified atom stereocenters. The maximum absolute atomic E-state index is 9.64. The molecular weight excluding hydrogens is 364 g/mol. The van der Waals surface area contributed by atoms with Gasteiger partial charge in [-0.1, -0.05) is 19.1 Å². The molecule has 152 valence electrons. The third-order valence-electron chi connectivity index (χ3n) is 5.81. The van der Waals surface area contributed by atoms with E-state index in [0.717, 1.165) is 47.1 Å². The number of aromatic nitrogens is 1. The monoisotopic (exact) mass is 392 g/mol. The number of fused-ring (bicyclic) bond motifs is 1. The molecule has 1 atom stereocenters. The van der Waals surface area contributed by atoms with E-state index in [1.165, 1.54) is 19.4 Å². The number of benzene rings is 1. The van der Waals surface area contributed by atoms with Crippen molar-refractivity contribution in [3.63, 3.8) is 0 Å². The third-order valence-corrected chi connectivity index (χ3v) is 5.81. The van der Waals surface area contributed by atoms with Crippen molar-refractivity contribution in [3.8, 4) is 22.9 Å². The highest BCUT2D eigenvalue weighted by molar-refractivity contribution is 5.79. The zero-order valence-electron chi connectivity index (χ0n) is 17.0. The van der Waals surface area contributed by atoms with Gasteiger partial charge >= 0.3 is 0 Å². The molecule has 1 saturated heterocycles. The number of rotatable bonds is 5. The minimum atomic E-state index is 0.291. The lowest BCUT2D eigenvalue weighted by Gasteiger charge is -2.30. The van der Waals surface area contributed by atoms with Gasteiger partial charge in [0.25, 0.3) is 0 Å². The van der Waals surface area contributed by atoms with E-state index in [4.69, 9.17) is 15.2 Å². The molecule has 0 spiro atoms. The summed E-state index contributed by atoms with van der Waals surface area (Å²) in [6, 6.07) is 10.1. The van der Waals surface area contributed by atoms with Gasteiger partial charge in [-0.2, -0.15) is 5.26 Å². The fraction of sp³-hybridized carbons (Fsp3) is 0.478. The van der Waals surface area contributed by atoms with Crippen molar-refractivity contribution in [1.29, 1.82) is 5.26 Å². The van der Waals surface area contributed by atoms with Crippen LogP contribution in [-0.2, 0) is 17.8 Å². The maximum atomic E-state index is 9.64. The van der Waals surface area contributed by atoms with E-state index in [9.17, 15) is 5.26 Å². The van der Waals surface area contributed by atoms with Gasteiger partial charge in [0.1, 0.15) is 29.8 Å². The van der Waals surface area contributed by atoms with Gasteiger partial charge in [0, 0.05) is 30.6 Å². The van der Waals surface area contributed by atoms with Crippen molar-refractivity contribution in [2.45, 2.75) is 32.8 Å². The van der Waals surface area contributed by atoms with E-state index in [0.29, 0.717) is 37.6 Å². The summed E-state index contributed by atoms with van der Waals surface area (Å²) in [4.78, 5) is 6.90. The van der Waals surface area contributed by atoms with Crippen LogP contribution in [0.3, 0.4) is 0 Å². The van der Waals surface area contributed by atoms with Gasteiger partial charge in [0.15, 0.2) is 0 Å². The number of anilines is 1. The normalized spacial score (nSPS) is 19.4. The van der Waals surface area contributed by atoms with Gasteiger partial charge in [-0.15, -0.1) is 0 Å². The van der Waals surface area contributed by atoms with Crippen molar-refractivity contribution in [2.75, 3.05) is 38.6 Å². The van der Waals surface area contributed by atoms with Crippen molar-refractivity contribution >= 4 is 5.82 Å². The molecule has 0 saturated carbocycles. The number of ether oxygens (including phenoxy) is 2. The summed E-state index contributed by atoms with van der Waals surface area (Å²) >= 11 is 0. The summed E-state index contributed by atoms with van der Waals surface area (Å²) in [6.45, 7) is 7.37. The number of hydrogen-bond acceptors (Lipinski definition) is 6. The fourth-order valence-corrected chi connectivity index (χ4v) is 4.33. The van der Waals surface area contributed by atoms with Crippen LogP contribution in [0.1, 0.15) is 36.6 Å². The number of hydrogen-bond donors (Lipinski definition) is 1. The Hall–Kier alpha value is -2.62. The molecular formula is C23H28N4O2. The van der Waals surface area contributed by atoms with Crippen LogP contribution in [0.15, 0.2) is 24.3 Å². The third kappa shape index (κ3) is 4.36. The smallest absolute Gasteiger partial charge is 0.142 e. The number of pyridine rings is 1. The van der Waals surface area contributed by atoms with Gasteiger partial charge in [0.05, 0.1) is 18.9 Å². The molecule has 0 bridgehead atoms. The van der Waals surface area contributed by atoms with E-state index in [-0.39, 0.29) is 0 Å². The van der Waals surface area contributed by atoms with Gasteiger partial charge in [-0.25, -0.2) is 4.98 Å². The Morgan fingerprint density at radius 2 is 2.17 bits per heavy atom. The van der Waals surface area contributed by atoms with Crippen molar-refractivity contribution < 1.29 is 9.47 Å². The molecule has 2 aliphatic heterocycles. The van der Waals surface area contributed by atoms with Crippen LogP contribution < -0.4 is 10.5 Å². The molecule has 29 heavy (non-hydrogen) atoms. The zero-order chi connectivity index (χ0) is 20.2. The lowest BCUT2D eigenvalue weighted by atomic mass is 9.93. The molecule has 1 fully saturated rings. The van der Waals surface area contributed by atoms with Crippen molar-refractivity contribution in [3.05, 3.63) is 41.1 Å². The summed E-state index contributed by atoms with van der Waals surface area (Å²) in [5.74, 6) is 1.91. The van der Waals surface area contributed by atoms with Crippen LogP contribution in [-0.4, -0.2) is 42.7 Å². The average molecular weight is 393 g/mol. The van der Waals surface area contributed by atoms with Crippen molar-refractivity contribution in [1.82, 2.24) is 9.88 Å². The lowest BCUT2D eigenvalue weighted by Crippen LogP contribution is -2.37. The van der Waals surface area contributed by atoms with Crippen LogP contribution in [0, 0.1) is 17.2 Å². The SMILES string of the molecule is CC1CCCN(CCOc2ccc(-c3c(C#N)c(N)nc4c3COCC4)cc2)C1. The van der Waals surface area contributed by atoms with E-state index < -0.39 is 0 Å². The number of nitriles is 1. The molecule has 2 N–H and O–H groups in total. The highest BCUT2D eigenvalue weighted by atomic mass is 16.5. The number of likely N-dealkylation sites (tertiary alicyclic amines) is 1. The van der Waals surface area contributed by atoms with Crippen molar-refractivity contribution in [2.24, 2.45) is 5.92 Å². The predicted molar refractivity (Wildman–Crippen MR) is 112 cm³/mol. The Morgan fingerprint density at radius 3 is 2.93 bits per heavy atom. The second kappa shape index (κ2) is 8.81. The first-order chi connectivity index (χ1) is 14.2. The van der Waals surface area contributed by atoms with Gasteiger partial charge in [-0.05, 0) is 43.0 Å². The van der Waals surface area contributed by atoms with Crippen LogP contribution in [0.25, 0.3) is 11.1 Å². The van der Waals surface area contributed by atoms with Crippen LogP contribution in [0.4, 0.5) is 5.82 Å². The Balaban J connectivity index is 1.48. The van der Waals surface area contributed by atoms with Crippen LogP contribution in [0.5, 0.6) is 5.75 Å². The number of nitrogens with two attached hydrogens (primary N) is 1. The molecule has 0 aliphatic carbocycles. The van der Waals surface area contributed by atoms with Crippen LogP contribution in [0.2, 0.25) is 0 Å². The summed E-state index contributed by atoms with van der Waals surface area (Å²) in [5, 5.41) is 9.64. The molecule has 0 radical (unpaired) electrons. The molecule has 2 aliphatic rings. The highest BCUT2D eigenvalue weighted by Gasteiger charge is 2.22. The van der Waals surface area contributed by atoms with Gasteiger partial charge < -0.3 is 15.2 Å². The Labute approximate surface area is 172 Å². The van der Waals surface area contributed by atoms with E-state index >= 15 is 0 Å². The van der Waals surface area contributed by atoms with Crippen LogP contribution >= 0.6 is 0 Å². The number of nitrogens with zero attached hydrogens (tertiary/aromatic N) is 3. The number of piperidine rings is 1. The molecule has 3 heterocycles. The molecule has 1 aromatic carbocycles. The van der Waals surface area contributed by atoms with E-state index in [1.807, 2.05) is 24.3 Å². The summed E-state index contributed by atoms with van der Waals surface area (Å²) < 4.78 is 11.6. The largest absolute Gasteiger partial charge is 0.492 e. The standard InChI is InChI=1S/C23H28N4O2/c1-16-3-2-9-27(14-16)10-12-29-18-6-4-17(5-7-18)22-19(13-24)23(25)26-21-8-11-28-15-20(21)22/h4-7,16H,2-3,8-12,14-15H2,1H3,(H2,25,26). The number of nitrogen functional groups attached to an aromatic ring is 1. The molecule has 1 aromatic heterocycles. The minimum Gasteiger partial charge on any atom is -0.492 e. The quantitative estimate of drug-likeness (QED) is 0.840. The zero-order valence-corrected chi connectivity index (χ0v) is 17.0. The second-order valence-corrected chi connectivity index (χ2v) is 8.01. The molecule has 0 amide bonds. The first-order valence-corrected chi connectivity index (χ1v) is 10.4. The average Bonchev–Trinajstić information content (AvgIpc) is 2.73. The minimum absolute atomic E-state index is 0.291. The van der Waals surface area contributed by atoms with Gasteiger partial charge in [0.2, 0.25) is 0 Å². The molecule has 4 rings (SSSR count). The molecule has 2 aromatic rings. The highest BCUT2D eigenvalue weighted by Crippen LogP contribution is 2.35. The first-order valence-electron chi connectivity index (χ1n) is 10.4. The Bertz CT molecular complexity index is 905. The first kappa shape index (κ1) is 19.7. The fourth-order valence-electron chi connectivity index (χ4n) is 4.33. The molecule has 6 heteroatoms. The summed E-state index contributed by atoms with van der Waals surface area (Å²) in [7, 11) is 0. The topological polar surface area (TPSA) is 84.4 Å². The van der Waals surface area contributed by atoms with E-state index in [1.54, 1.807) is 0 Å².